The van der Waals surface area contributed by atoms with Crippen LogP contribution in [-0.4, -0.2) is 36.2 Å². The van der Waals surface area contributed by atoms with Gasteiger partial charge in [-0.05, 0) is 0 Å². The van der Waals surface area contributed by atoms with E-state index >= 15 is 0 Å². The summed E-state index contributed by atoms with van der Waals surface area (Å²) in [5.41, 5.74) is 5.06. The summed E-state index contributed by atoms with van der Waals surface area (Å²) in [5, 5.41) is 6.71. The molecule has 5 nitrogen and oxygen atoms in total. The van der Waals surface area contributed by atoms with Crippen LogP contribution in [0.3, 0.4) is 0 Å². The molecule has 6 heteroatoms. The molecule has 0 heterocycles. The Balaban J connectivity index is 1.92. The number of hydrogen-bond donors (Lipinski definition) is 2. The van der Waals surface area contributed by atoms with Gasteiger partial charge in [-0.1, -0.05) is 0 Å². The molecule has 0 saturated carbocycles. The van der Waals surface area contributed by atoms with E-state index in [1.165, 1.54) is 15.9 Å². The van der Waals surface area contributed by atoms with Crippen molar-refractivity contribution in [2.75, 3.05) is 12.7 Å². The van der Waals surface area contributed by atoms with Crippen molar-refractivity contribution in [3.63, 3.8) is 0 Å². The van der Waals surface area contributed by atoms with Gasteiger partial charge in [0.25, 0.3) is 0 Å². The normalized spacial score (nSPS) is 13.0. The van der Waals surface area contributed by atoms with E-state index in [-0.39, 0.29) is 5.91 Å². The summed E-state index contributed by atoms with van der Waals surface area (Å²) in [4.78, 5) is 26.1. The monoisotopic (exact) mass is 506 g/mol. The summed E-state index contributed by atoms with van der Waals surface area (Å²) in [5.74, 6) is -0.565. The fraction of sp³-hybridized carbons (Fsp3) is 0.333. The van der Waals surface area contributed by atoms with Gasteiger partial charge < -0.3 is 0 Å². The molecule has 3 aromatic rings. The van der Waals surface area contributed by atoms with Gasteiger partial charge in [-0.25, -0.2) is 0 Å². The van der Waals surface area contributed by atoms with Crippen LogP contribution in [-0.2, 0) is 14.3 Å². The van der Waals surface area contributed by atoms with Gasteiger partial charge in [0.15, 0.2) is 0 Å². The van der Waals surface area contributed by atoms with Crippen LogP contribution in [0, 0.1) is 0 Å². The number of rotatable bonds is 11. The summed E-state index contributed by atoms with van der Waals surface area (Å²) in [6, 6.07) is 30.8. The number of nitrogens with two attached hydrogens (primary N) is 1. The standard InChI is InChI=1S/C30H39N2O3P/c1-30(2,3)35-29(34)27(20-13-22-31)32-28(33)21-23-36(24-14-7-4-8-15-24,25-16-9-5-10-17-25)26-18-11-6-12-19-26/h4-12,14-19,27,36H,13,20-23,31H2,1-3H3,(H,32,33)/t27-/m0/s1. The predicted octanol–water partition coefficient (Wildman–Crippen LogP) is 3.67. The molecule has 0 aliphatic rings. The minimum atomic E-state index is -2.53. The summed E-state index contributed by atoms with van der Waals surface area (Å²) < 4.78 is 5.57. The zero-order chi connectivity index (χ0) is 26.0. The summed E-state index contributed by atoms with van der Waals surface area (Å²) in [7, 11) is -2.53. The number of esters is 1. The first-order valence-electron chi connectivity index (χ1n) is 12.6. The molecule has 1 amide bonds. The Hall–Kier alpha value is -3.01. The van der Waals surface area contributed by atoms with Gasteiger partial charge in [-0.15, -0.1) is 0 Å². The third-order valence-corrected chi connectivity index (χ3v) is 11.2. The Morgan fingerprint density at radius 2 is 1.28 bits per heavy atom. The third kappa shape index (κ3) is 7.25. The Morgan fingerprint density at radius 1 is 0.833 bits per heavy atom. The molecular weight excluding hydrogens is 467 g/mol. The van der Waals surface area contributed by atoms with E-state index in [9.17, 15) is 9.59 Å². The SMILES string of the molecule is CC(C)(C)OC(=O)[C@H](CCCN)NC(=O)CC[PH](c1ccccc1)(c1ccccc1)c1ccccc1. The fourth-order valence-electron chi connectivity index (χ4n) is 4.61. The second kappa shape index (κ2) is 12.8. The molecular formula is C30H39N2O3P. The topological polar surface area (TPSA) is 81.4 Å². The van der Waals surface area contributed by atoms with Crippen LogP contribution >= 0.6 is 7.26 Å². The molecule has 0 saturated heterocycles. The Bertz CT molecular complexity index is 1000. The second-order valence-corrected chi connectivity index (χ2v) is 14.1. The maximum atomic E-state index is 13.3. The Kier molecular flexibility index (Phi) is 9.81. The summed E-state index contributed by atoms with van der Waals surface area (Å²) >= 11 is 0. The van der Waals surface area contributed by atoms with Crippen LogP contribution in [0.4, 0.5) is 0 Å². The molecule has 0 fully saturated rings. The second-order valence-electron chi connectivity index (χ2n) is 10.1. The average molecular weight is 507 g/mol. The predicted molar refractivity (Wildman–Crippen MR) is 152 cm³/mol. The number of nitrogens with one attached hydrogen (secondary N) is 1. The van der Waals surface area contributed by atoms with Gasteiger partial charge in [0, 0.05) is 0 Å². The molecule has 0 bridgehead atoms. The Morgan fingerprint density at radius 3 is 1.67 bits per heavy atom. The van der Waals surface area contributed by atoms with Crippen LogP contribution in [0.1, 0.15) is 40.0 Å². The van der Waals surface area contributed by atoms with Crippen molar-refractivity contribution in [2.24, 2.45) is 5.73 Å². The van der Waals surface area contributed by atoms with Crippen molar-refractivity contribution in [1.29, 1.82) is 0 Å². The van der Waals surface area contributed by atoms with Crippen LogP contribution in [0.15, 0.2) is 91.0 Å². The fourth-order valence-corrected chi connectivity index (χ4v) is 9.36. The number of hydrogen-bond acceptors (Lipinski definition) is 4. The molecule has 0 radical (unpaired) electrons. The van der Waals surface area contributed by atoms with Crippen molar-refractivity contribution < 1.29 is 14.3 Å². The van der Waals surface area contributed by atoms with Crippen LogP contribution in [0.5, 0.6) is 0 Å². The Labute approximate surface area is 215 Å². The zero-order valence-electron chi connectivity index (χ0n) is 21.6. The summed E-state index contributed by atoms with van der Waals surface area (Å²) in [6.45, 7) is 5.92. The molecule has 0 aliphatic carbocycles. The number of carbonyl (C=O) groups is 2. The molecule has 0 aliphatic heterocycles. The van der Waals surface area contributed by atoms with E-state index < -0.39 is 24.9 Å². The molecule has 192 valence electrons. The minimum absolute atomic E-state index is 0.150. The van der Waals surface area contributed by atoms with E-state index in [2.05, 4.69) is 78.1 Å². The molecule has 0 aromatic heterocycles. The molecule has 3 N–H and O–H groups in total. The molecule has 3 rings (SSSR count). The van der Waals surface area contributed by atoms with E-state index in [1.807, 2.05) is 39.0 Å². The molecule has 0 unspecified atom stereocenters. The zero-order valence-corrected chi connectivity index (χ0v) is 22.6. The van der Waals surface area contributed by atoms with Gasteiger partial charge in [0.05, 0.1) is 0 Å². The first-order valence-corrected chi connectivity index (χ1v) is 14.9. The van der Waals surface area contributed by atoms with Crippen LogP contribution < -0.4 is 27.0 Å². The first-order chi connectivity index (χ1) is 17.3. The van der Waals surface area contributed by atoms with Crippen molar-refractivity contribution in [2.45, 2.75) is 51.7 Å². The number of carbonyl (C=O) groups excluding carboxylic acids is 2. The van der Waals surface area contributed by atoms with Gasteiger partial charge in [0.2, 0.25) is 0 Å². The molecule has 36 heavy (non-hydrogen) atoms. The van der Waals surface area contributed by atoms with Crippen LogP contribution in [0.25, 0.3) is 0 Å². The van der Waals surface area contributed by atoms with Gasteiger partial charge in [-0.2, -0.15) is 0 Å². The molecule has 1 atom stereocenters. The van der Waals surface area contributed by atoms with Crippen molar-refractivity contribution in [3.05, 3.63) is 91.0 Å². The third-order valence-electron chi connectivity index (χ3n) is 6.25. The number of ether oxygens (including phenoxy) is 1. The van der Waals surface area contributed by atoms with E-state index in [1.54, 1.807) is 0 Å². The van der Waals surface area contributed by atoms with E-state index in [0.29, 0.717) is 32.0 Å². The van der Waals surface area contributed by atoms with E-state index in [0.717, 1.165) is 0 Å². The first kappa shape index (κ1) is 27.6. The van der Waals surface area contributed by atoms with Gasteiger partial charge in [-0.3, -0.25) is 0 Å². The molecule has 3 aromatic carbocycles. The van der Waals surface area contributed by atoms with Crippen LogP contribution in [0.2, 0.25) is 0 Å². The number of benzene rings is 3. The van der Waals surface area contributed by atoms with Crippen molar-refractivity contribution in [3.8, 4) is 0 Å². The quantitative estimate of drug-likeness (QED) is 0.307. The van der Waals surface area contributed by atoms with Gasteiger partial charge in [0.1, 0.15) is 0 Å². The number of amides is 1. The maximum absolute atomic E-state index is 13.3. The van der Waals surface area contributed by atoms with Crippen molar-refractivity contribution >= 4 is 35.1 Å². The molecule has 0 spiro atoms. The van der Waals surface area contributed by atoms with E-state index in [4.69, 9.17) is 10.5 Å². The summed E-state index contributed by atoms with van der Waals surface area (Å²) in [6.07, 6.45) is 2.05. The van der Waals surface area contributed by atoms with Crippen molar-refractivity contribution in [1.82, 2.24) is 5.32 Å². The average Bonchev–Trinajstić information content (AvgIpc) is 2.88. The van der Waals surface area contributed by atoms with Gasteiger partial charge >= 0.3 is 216 Å².